The maximum Gasteiger partial charge on any atom is 0.251 e. The third-order valence-electron chi connectivity index (χ3n) is 13.7. The van der Waals surface area contributed by atoms with Gasteiger partial charge in [0.25, 0.3) is 17.7 Å². The summed E-state index contributed by atoms with van der Waals surface area (Å²) < 4.78 is 0. The topological polar surface area (TPSA) is 232 Å². The quantitative estimate of drug-likeness (QED) is 0.0594. The number of hydrogen-bond acceptors (Lipinski definition) is 12. The predicted octanol–water partition coefficient (Wildman–Crippen LogP) is 7.71. The average molecular weight is 985 g/mol. The molecular weight excluding hydrogens is 921 g/mol. The number of piperidine rings is 2. The molecule has 70 heavy (non-hydrogen) atoms. The molecule has 3 aromatic carbocycles. The van der Waals surface area contributed by atoms with Crippen molar-refractivity contribution in [3.8, 4) is 20.9 Å². The number of fused-ring (bicyclic) bond motifs is 6. The number of thiazole rings is 2. The van der Waals surface area contributed by atoms with Crippen molar-refractivity contribution in [1.82, 2.24) is 40.4 Å². The molecule has 1 unspecified atom stereocenters. The second-order valence-electron chi connectivity index (χ2n) is 19.8. The van der Waals surface area contributed by atoms with Crippen molar-refractivity contribution in [2.75, 3.05) is 50.9 Å². The van der Waals surface area contributed by atoms with E-state index in [2.05, 4.69) is 92.8 Å². The molecule has 16 nitrogen and oxygen atoms in total. The van der Waals surface area contributed by atoms with E-state index in [1.54, 1.807) is 34.8 Å². The largest absolute Gasteiger partial charge is 0.366 e. The van der Waals surface area contributed by atoms with E-state index in [-0.39, 0.29) is 35.9 Å². The fourth-order valence-electron chi connectivity index (χ4n) is 10.1. The molecule has 0 bridgehead atoms. The summed E-state index contributed by atoms with van der Waals surface area (Å²) in [5, 5.41) is 17.7. The highest BCUT2D eigenvalue weighted by Gasteiger charge is 2.31. The molecular formula is C52H64N12O4S2. The van der Waals surface area contributed by atoms with Crippen molar-refractivity contribution >= 4 is 89.3 Å². The number of benzene rings is 3. The summed E-state index contributed by atoms with van der Waals surface area (Å²) in [4.78, 5) is 73.0. The molecule has 368 valence electrons. The van der Waals surface area contributed by atoms with E-state index < -0.39 is 11.8 Å². The lowest BCUT2D eigenvalue weighted by atomic mass is 9.85. The van der Waals surface area contributed by atoms with Crippen molar-refractivity contribution in [2.45, 2.75) is 96.8 Å². The molecule has 1 aliphatic carbocycles. The van der Waals surface area contributed by atoms with Gasteiger partial charge in [-0.1, -0.05) is 40.9 Å². The number of likely N-dealkylation sites (tertiary alicyclic amines) is 2. The molecule has 2 saturated heterocycles. The monoisotopic (exact) mass is 984 g/mol. The minimum Gasteiger partial charge on any atom is -0.366 e. The molecule has 6 heterocycles. The number of nitrogens with one attached hydrogen (secondary N) is 6. The van der Waals surface area contributed by atoms with E-state index in [9.17, 15) is 19.2 Å². The van der Waals surface area contributed by atoms with Gasteiger partial charge >= 0.3 is 0 Å². The van der Waals surface area contributed by atoms with Gasteiger partial charge in [-0.15, -0.1) is 0 Å². The minimum atomic E-state index is -0.500. The molecule has 2 aliphatic heterocycles. The van der Waals surface area contributed by atoms with Gasteiger partial charge in [0.1, 0.15) is 0 Å². The zero-order valence-electron chi connectivity index (χ0n) is 40.8. The van der Waals surface area contributed by atoms with Crippen molar-refractivity contribution in [3.63, 3.8) is 0 Å². The normalized spacial score (nSPS) is 17.2. The van der Waals surface area contributed by atoms with E-state index in [4.69, 9.17) is 11.5 Å². The molecule has 0 radical (unpaired) electrons. The molecule has 18 heteroatoms. The lowest BCUT2D eigenvalue weighted by molar-refractivity contribution is -0.126. The Hall–Kier alpha value is -6.34. The Morgan fingerprint density at radius 1 is 0.686 bits per heavy atom. The van der Waals surface area contributed by atoms with E-state index in [1.165, 1.54) is 5.56 Å². The van der Waals surface area contributed by atoms with Crippen LogP contribution in [0.25, 0.3) is 53.6 Å². The van der Waals surface area contributed by atoms with Crippen LogP contribution >= 0.6 is 22.7 Å². The SMILES string of the molecule is CC(C)Nc1ncc(-c2ccc(C(N)=O)c3[nH]c4c(c23)CCC(C(=O)NC2CCN(C)CC2)C4)s1.CC(C)Nc1ncc(-c2ccc(C(N)=O)c3[nH]c4cc(C(=O)NC5CCN(C)CC5)ccc4c23)s1. The van der Waals surface area contributed by atoms with Crippen LogP contribution in [0.15, 0.2) is 54.9 Å². The molecule has 3 aliphatic rings. The first-order chi connectivity index (χ1) is 33.6. The first-order valence-corrected chi connectivity index (χ1v) is 26.0. The highest BCUT2D eigenvalue weighted by Crippen LogP contribution is 2.42. The summed E-state index contributed by atoms with van der Waals surface area (Å²) in [6.07, 6.45) is 9.84. The van der Waals surface area contributed by atoms with Gasteiger partial charge in [0, 0.05) is 86.5 Å². The van der Waals surface area contributed by atoms with Gasteiger partial charge in [-0.05, 0) is 143 Å². The molecule has 2 fully saturated rings. The second kappa shape index (κ2) is 20.6. The molecule has 10 N–H and O–H groups in total. The first kappa shape index (κ1) is 48.7. The standard InChI is InChI=1S/C26H34N6O2S.C26H30N6O2S/c2*1-14(2)29-26-28-13-21(35-26)18-6-7-19(24(27)33)23-22(18)17-5-4-15(12-20(17)31-23)25(34)30-16-8-10-32(3)11-9-16/h6-7,13-16,31H,4-5,8-12H2,1-3H3,(H2,27,33)(H,28,29)(H,30,34);4-7,12-14,16,31H,8-11H2,1-3H3,(H2,27,33)(H,28,29)(H,30,34). The fourth-order valence-corrected chi connectivity index (χ4v) is 12.0. The van der Waals surface area contributed by atoms with Crippen LogP contribution < -0.4 is 32.7 Å². The van der Waals surface area contributed by atoms with Crippen molar-refractivity contribution in [3.05, 3.63) is 82.8 Å². The summed E-state index contributed by atoms with van der Waals surface area (Å²) in [5.74, 6) is -0.961. The van der Waals surface area contributed by atoms with Crippen molar-refractivity contribution in [2.24, 2.45) is 17.4 Å². The molecule has 0 spiro atoms. The number of carbonyl (C=O) groups excluding carboxylic acids is 4. The van der Waals surface area contributed by atoms with E-state index in [1.807, 2.05) is 42.7 Å². The molecule has 10 rings (SSSR count). The molecule has 7 aromatic rings. The van der Waals surface area contributed by atoms with Crippen LogP contribution in [0.3, 0.4) is 0 Å². The Balaban J connectivity index is 0.000000174. The number of aryl methyl sites for hydroxylation is 1. The fraction of sp³-hybridized carbons (Fsp3) is 0.423. The zero-order valence-corrected chi connectivity index (χ0v) is 42.4. The maximum absolute atomic E-state index is 13.1. The lowest BCUT2D eigenvalue weighted by Crippen LogP contribution is -2.46. The molecule has 1 atom stereocenters. The summed E-state index contributed by atoms with van der Waals surface area (Å²) in [6, 6.07) is 14.1. The number of amides is 4. The number of nitrogens with two attached hydrogens (primary N) is 2. The number of primary amides is 2. The minimum absolute atomic E-state index is 0.0686. The third kappa shape index (κ3) is 10.4. The van der Waals surface area contributed by atoms with Crippen LogP contribution in [0.5, 0.6) is 0 Å². The summed E-state index contributed by atoms with van der Waals surface area (Å²) in [5.41, 5.74) is 19.4. The van der Waals surface area contributed by atoms with Crippen LogP contribution in [-0.2, 0) is 17.6 Å². The van der Waals surface area contributed by atoms with E-state index >= 15 is 0 Å². The number of nitrogens with zero attached hydrogens (tertiary/aromatic N) is 4. The van der Waals surface area contributed by atoms with Crippen LogP contribution in [0, 0.1) is 5.92 Å². The number of aromatic nitrogens is 4. The number of H-pyrrole nitrogens is 2. The van der Waals surface area contributed by atoms with Gasteiger partial charge in [-0.2, -0.15) is 0 Å². The first-order valence-electron chi connectivity index (χ1n) is 24.4. The maximum atomic E-state index is 13.1. The van der Waals surface area contributed by atoms with Crippen molar-refractivity contribution < 1.29 is 19.2 Å². The lowest BCUT2D eigenvalue weighted by Gasteiger charge is -2.31. The smallest absolute Gasteiger partial charge is 0.251 e. The van der Waals surface area contributed by atoms with E-state index in [0.29, 0.717) is 34.7 Å². The molecule has 4 amide bonds. The Bertz CT molecular complexity index is 3080. The van der Waals surface area contributed by atoms with Gasteiger partial charge in [-0.25, -0.2) is 9.97 Å². The Morgan fingerprint density at radius 2 is 1.21 bits per heavy atom. The number of anilines is 2. The van der Waals surface area contributed by atoms with Crippen LogP contribution in [0.4, 0.5) is 10.3 Å². The number of rotatable bonds is 12. The van der Waals surface area contributed by atoms with Gasteiger partial charge in [0.2, 0.25) is 5.91 Å². The Morgan fingerprint density at radius 3 is 1.76 bits per heavy atom. The third-order valence-corrected chi connectivity index (χ3v) is 15.7. The average Bonchev–Trinajstić information content (AvgIpc) is 4.15. The zero-order chi connectivity index (χ0) is 49.4. The summed E-state index contributed by atoms with van der Waals surface area (Å²) >= 11 is 3.17. The molecule has 0 saturated carbocycles. The highest BCUT2D eigenvalue weighted by molar-refractivity contribution is 7.19. The van der Waals surface area contributed by atoms with Crippen molar-refractivity contribution in [1.29, 1.82) is 0 Å². The highest BCUT2D eigenvalue weighted by atomic mass is 32.1. The number of hydrogen-bond donors (Lipinski definition) is 8. The second-order valence-corrected chi connectivity index (χ2v) is 21.8. The van der Waals surface area contributed by atoms with E-state index in [0.717, 1.165) is 129 Å². The Kier molecular flexibility index (Phi) is 14.3. The number of aromatic amines is 2. The van der Waals surface area contributed by atoms with Gasteiger partial charge in [0.15, 0.2) is 10.3 Å². The van der Waals surface area contributed by atoms with Crippen LogP contribution in [0.2, 0.25) is 0 Å². The summed E-state index contributed by atoms with van der Waals surface area (Å²) in [7, 11) is 4.23. The van der Waals surface area contributed by atoms with Crippen LogP contribution in [0.1, 0.15) is 102 Å². The van der Waals surface area contributed by atoms with Crippen LogP contribution in [-0.4, -0.2) is 118 Å². The Labute approximate surface area is 415 Å². The number of carbonyl (C=O) groups is 4. The van der Waals surface area contributed by atoms with Gasteiger partial charge in [0.05, 0.1) is 31.9 Å². The van der Waals surface area contributed by atoms with Gasteiger partial charge in [-0.3, -0.25) is 19.2 Å². The molecule has 4 aromatic heterocycles. The van der Waals surface area contributed by atoms with Gasteiger partial charge < -0.3 is 52.5 Å². The summed E-state index contributed by atoms with van der Waals surface area (Å²) in [6.45, 7) is 12.3. The predicted molar refractivity (Wildman–Crippen MR) is 283 cm³/mol.